The largest absolute Gasteiger partial charge is 0.355 e. The molecule has 1 heterocycles. The van der Waals surface area contributed by atoms with Crippen molar-refractivity contribution in [1.82, 2.24) is 15.5 Å². The Morgan fingerprint density at radius 1 is 1.17 bits per heavy atom. The number of amides is 1. The van der Waals surface area contributed by atoms with Crippen LogP contribution in [0.3, 0.4) is 0 Å². The Labute approximate surface area is 173 Å². The number of benzene rings is 2. The molecule has 150 valence electrons. The molecule has 3 N–H and O–H groups in total. The van der Waals surface area contributed by atoms with E-state index in [1.165, 1.54) is 12.1 Å². The van der Waals surface area contributed by atoms with Crippen molar-refractivity contribution in [1.29, 1.82) is 0 Å². The highest BCUT2D eigenvalue weighted by molar-refractivity contribution is 6.30. The molecule has 0 bridgehead atoms. The second-order valence-electron chi connectivity index (χ2n) is 6.85. The van der Waals surface area contributed by atoms with Crippen LogP contribution < -0.4 is 10.6 Å². The van der Waals surface area contributed by atoms with Gasteiger partial charge in [0.1, 0.15) is 11.6 Å². The van der Waals surface area contributed by atoms with E-state index >= 15 is 0 Å². The first kappa shape index (κ1) is 20.5. The molecule has 6 nitrogen and oxygen atoms in total. The van der Waals surface area contributed by atoms with Crippen LogP contribution in [0.15, 0.2) is 59.6 Å². The third-order valence-corrected chi connectivity index (χ3v) is 4.21. The molecular formula is C21H21ClFN5O. The first-order valence-corrected chi connectivity index (χ1v) is 9.49. The highest BCUT2D eigenvalue weighted by Crippen LogP contribution is 2.20. The van der Waals surface area contributed by atoms with Crippen LogP contribution in [0.25, 0.3) is 11.3 Å². The van der Waals surface area contributed by atoms with Gasteiger partial charge < -0.3 is 10.6 Å². The monoisotopic (exact) mass is 413 g/mol. The van der Waals surface area contributed by atoms with E-state index in [1.807, 2.05) is 0 Å². The molecule has 0 saturated carbocycles. The quantitative estimate of drug-likeness (QED) is 0.417. The maximum atomic E-state index is 13.1. The van der Waals surface area contributed by atoms with Gasteiger partial charge in [-0.3, -0.25) is 9.89 Å². The topological polar surface area (TPSA) is 82.2 Å². The Kier molecular flexibility index (Phi) is 6.61. The zero-order valence-electron chi connectivity index (χ0n) is 16.0. The van der Waals surface area contributed by atoms with Crippen molar-refractivity contribution < 1.29 is 9.18 Å². The van der Waals surface area contributed by atoms with E-state index in [0.29, 0.717) is 40.5 Å². The molecule has 8 heteroatoms. The number of aromatic nitrogens is 2. The van der Waals surface area contributed by atoms with Gasteiger partial charge in [0.2, 0.25) is 5.96 Å². The highest BCUT2D eigenvalue weighted by atomic mass is 35.5. The maximum Gasteiger partial charge on any atom is 0.280 e. The Bertz CT molecular complexity index is 997. The van der Waals surface area contributed by atoms with Gasteiger partial charge in [0, 0.05) is 28.8 Å². The number of carbonyl (C=O) groups excluding carboxylic acids is 1. The van der Waals surface area contributed by atoms with Crippen LogP contribution in [0.2, 0.25) is 5.02 Å². The number of aliphatic imine (C=N–C) groups is 1. The number of halogens is 2. The number of hydrogen-bond donors (Lipinski definition) is 3. The lowest BCUT2D eigenvalue weighted by Gasteiger charge is -2.12. The van der Waals surface area contributed by atoms with E-state index in [4.69, 9.17) is 11.6 Å². The molecule has 0 aliphatic rings. The lowest BCUT2D eigenvalue weighted by molar-refractivity contribution is 0.100. The van der Waals surface area contributed by atoms with Gasteiger partial charge in [-0.1, -0.05) is 25.4 Å². The van der Waals surface area contributed by atoms with Gasteiger partial charge in [0.15, 0.2) is 0 Å². The average molecular weight is 414 g/mol. The van der Waals surface area contributed by atoms with Crippen molar-refractivity contribution in [3.8, 4) is 11.3 Å². The van der Waals surface area contributed by atoms with Gasteiger partial charge in [0.05, 0.1) is 5.69 Å². The minimum Gasteiger partial charge on any atom is -0.355 e. The standard InChI is InChI=1S/C21H21ClFN5O/c1-13(2)12-24-21(26-20(29)15-3-7-16(22)8-4-15)25-19-11-18(27-28-19)14-5-9-17(23)10-6-14/h3-11,13H,12H2,1-2H3,(H3,24,25,26,27,28,29). The summed E-state index contributed by atoms with van der Waals surface area (Å²) >= 11 is 5.87. The zero-order valence-corrected chi connectivity index (χ0v) is 16.8. The molecule has 0 atom stereocenters. The normalized spacial score (nSPS) is 11.6. The van der Waals surface area contributed by atoms with E-state index in [9.17, 15) is 9.18 Å². The van der Waals surface area contributed by atoms with Crippen molar-refractivity contribution >= 4 is 29.3 Å². The third kappa shape index (κ3) is 5.89. The summed E-state index contributed by atoms with van der Waals surface area (Å²) in [7, 11) is 0. The van der Waals surface area contributed by atoms with Crippen LogP contribution in [0.5, 0.6) is 0 Å². The van der Waals surface area contributed by atoms with Crippen LogP contribution in [-0.2, 0) is 0 Å². The SMILES string of the molecule is CC(C)CN/C(=N/C(=O)c1ccc(Cl)cc1)Nc1cc(-c2ccc(F)cc2)n[nH]1. The molecule has 2 aromatic carbocycles. The predicted molar refractivity (Wildman–Crippen MR) is 114 cm³/mol. The van der Waals surface area contributed by atoms with Crippen molar-refractivity contribution in [3.63, 3.8) is 0 Å². The zero-order chi connectivity index (χ0) is 20.8. The predicted octanol–water partition coefficient (Wildman–Crippen LogP) is 4.72. The first-order valence-electron chi connectivity index (χ1n) is 9.11. The molecule has 1 amide bonds. The van der Waals surface area contributed by atoms with E-state index in [2.05, 4.69) is 39.7 Å². The first-order chi connectivity index (χ1) is 13.9. The Morgan fingerprint density at radius 2 is 1.86 bits per heavy atom. The third-order valence-electron chi connectivity index (χ3n) is 3.95. The summed E-state index contributed by atoms with van der Waals surface area (Å²) < 4.78 is 13.1. The maximum absolute atomic E-state index is 13.1. The molecular weight excluding hydrogens is 393 g/mol. The number of nitrogens with zero attached hydrogens (tertiary/aromatic N) is 2. The summed E-state index contributed by atoms with van der Waals surface area (Å²) in [5.41, 5.74) is 1.83. The summed E-state index contributed by atoms with van der Waals surface area (Å²) in [5.74, 6) is 0.481. The Balaban J connectivity index is 1.79. The van der Waals surface area contributed by atoms with Crippen molar-refractivity contribution in [2.45, 2.75) is 13.8 Å². The summed E-state index contributed by atoms with van der Waals surface area (Å²) in [4.78, 5) is 16.6. The number of guanidine groups is 1. The second kappa shape index (κ2) is 9.34. The molecule has 0 spiro atoms. The number of nitrogens with one attached hydrogen (secondary N) is 3. The van der Waals surface area contributed by atoms with Crippen molar-refractivity contribution in [3.05, 3.63) is 71.0 Å². The summed E-state index contributed by atoms with van der Waals surface area (Å²) in [6.45, 7) is 4.72. The van der Waals surface area contributed by atoms with Crippen molar-refractivity contribution in [2.24, 2.45) is 10.9 Å². The minimum atomic E-state index is -0.404. The van der Waals surface area contributed by atoms with Gasteiger partial charge in [0.25, 0.3) is 5.91 Å². The molecule has 0 aliphatic heterocycles. The van der Waals surface area contributed by atoms with E-state index in [1.54, 1.807) is 42.5 Å². The van der Waals surface area contributed by atoms with Gasteiger partial charge in [-0.25, -0.2) is 4.39 Å². The minimum absolute atomic E-state index is 0.299. The molecule has 0 radical (unpaired) electrons. The van der Waals surface area contributed by atoms with Crippen molar-refractivity contribution in [2.75, 3.05) is 11.9 Å². The fourth-order valence-corrected chi connectivity index (χ4v) is 2.58. The molecule has 3 rings (SSSR count). The smallest absolute Gasteiger partial charge is 0.280 e. The number of carbonyl (C=O) groups is 1. The van der Waals surface area contributed by atoms with Crippen LogP contribution in [0.1, 0.15) is 24.2 Å². The van der Waals surface area contributed by atoms with Crippen LogP contribution in [0, 0.1) is 11.7 Å². The number of rotatable bonds is 5. The second-order valence-corrected chi connectivity index (χ2v) is 7.28. The summed E-state index contributed by atoms with van der Waals surface area (Å²) in [6.07, 6.45) is 0. The van der Waals surface area contributed by atoms with Crippen LogP contribution >= 0.6 is 11.6 Å². The number of anilines is 1. The number of aromatic amines is 1. The average Bonchev–Trinajstić information content (AvgIpc) is 3.15. The lowest BCUT2D eigenvalue weighted by atomic mass is 10.1. The molecule has 0 fully saturated rings. The molecule has 3 aromatic rings. The van der Waals surface area contributed by atoms with Crippen LogP contribution in [0.4, 0.5) is 10.2 Å². The molecule has 1 aromatic heterocycles. The van der Waals surface area contributed by atoms with Gasteiger partial charge >= 0.3 is 0 Å². The molecule has 0 saturated heterocycles. The van der Waals surface area contributed by atoms with Gasteiger partial charge in [-0.05, 0) is 54.4 Å². The van der Waals surface area contributed by atoms with E-state index < -0.39 is 5.91 Å². The summed E-state index contributed by atoms with van der Waals surface area (Å²) in [5, 5.41) is 13.8. The highest BCUT2D eigenvalue weighted by Gasteiger charge is 2.10. The number of H-pyrrole nitrogens is 1. The molecule has 29 heavy (non-hydrogen) atoms. The Morgan fingerprint density at radius 3 is 2.52 bits per heavy atom. The van der Waals surface area contributed by atoms with E-state index in [0.717, 1.165) is 5.56 Å². The molecule has 0 unspecified atom stereocenters. The Hall–Kier alpha value is -3.19. The van der Waals surface area contributed by atoms with Gasteiger partial charge in [-0.2, -0.15) is 10.1 Å². The molecule has 0 aliphatic carbocycles. The number of hydrogen-bond acceptors (Lipinski definition) is 2. The fraction of sp³-hybridized carbons (Fsp3) is 0.190. The lowest BCUT2D eigenvalue weighted by Crippen LogP contribution is -2.34. The summed E-state index contributed by atoms with van der Waals surface area (Å²) in [6, 6.07) is 14.3. The van der Waals surface area contributed by atoms with Gasteiger partial charge in [-0.15, -0.1) is 0 Å². The fourth-order valence-electron chi connectivity index (χ4n) is 2.45. The van der Waals surface area contributed by atoms with Crippen LogP contribution in [-0.4, -0.2) is 28.6 Å². The van der Waals surface area contributed by atoms with E-state index in [-0.39, 0.29) is 5.82 Å².